The van der Waals surface area contributed by atoms with Gasteiger partial charge in [-0.1, -0.05) is 30.3 Å². The first kappa shape index (κ1) is 30.2. The van der Waals surface area contributed by atoms with Gasteiger partial charge in [-0.15, -0.1) is 23.2 Å². The summed E-state index contributed by atoms with van der Waals surface area (Å²) in [6.07, 6.45) is -0.611. The van der Waals surface area contributed by atoms with Crippen molar-refractivity contribution < 1.29 is 33.3 Å². The van der Waals surface area contributed by atoms with E-state index in [1.165, 1.54) is 7.11 Å². The number of unbranched alkanes of at least 4 members (excludes halogenated alkanes) is 1. The summed E-state index contributed by atoms with van der Waals surface area (Å²) in [5.74, 6) is -2.05. The number of ether oxygens (including phenoxy) is 4. The van der Waals surface area contributed by atoms with Gasteiger partial charge >= 0.3 is 12.1 Å². The molecule has 9 nitrogen and oxygen atoms in total. The number of carbonyl (C=O) groups excluding carboxylic acids is 3. The number of hydrogen-bond acceptors (Lipinski definition) is 8. The average molecular weight is 547 g/mol. The van der Waals surface area contributed by atoms with Crippen molar-refractivity contribution in [1.29, 1.82) is 0 Å². The molecule has 0 aliphatic heterocycles. The minimum atomic E-state index is -1.07. The molecule has 1 aromatic rings. The van der Waals surface area contributed by atoms with Gasteiger partial charge < -0.3 is 29.6 Å². The molecular formula is C25H36Cl2N2O7. The van der Waals surface area contributed by atoms with Crippen molar-refractivity contribution in [2.75, 3.05) is 33.9 Å². The van der Waals surface area contributed by atoms with Crippen molar-refractivity contribution in [3.05, 3.63) is 35.9 Å². The van der Waals surface area contributed by atoms with E-state index in [0.717, 1.165) is 24.9 Å². The molecule has 36 heavy (non-hydrogen) atoms. The van der Waals surface area contributed by atoms with E-state index in [1.807, 2.05) is 37.4 Å². The van der Waals surface area contributed by atoms with E-state index >= 15 is 0 Å². The van der Waals surface area contributed by atoms with E-state index in [1.54, 1.807) is 6.92 Å². The highest BCUT2D eigenvalue weighted by Crippen LogP contribution is 2.36. The topological polar surface area (TPSA) is 112 Å². The van der Waals surface area contributed by atoms with Crippen LogP contribution in [-0.2, 0) is 35.0 Å². The molecule has 0 spiro atoms. The molecule has 0 aromatic heterocycles. The van der Waals surface area contributed by atoms with Crippen LogP contribution in [0.1, 0.15) is 31.7 Å². The maximum absolute atomic E-state index is 13.4. The van der Waals surface area contributed by atoms with Crippen LogP contribution in [0.2, 0.25) is 0 Å². The molecule has 1 saturated carbocycles. The number of hydrogen-bond donors (Lipinski definition) is 2. The van der Waals surface area contributed by atoms with Gasteiger partial charge in [0.1, 0.15) is 12.1 Å². The number of esters is 1. The summed E-state index contributed by atoms with van der Waals surface area (Å²) in [4.78, 5) is 38.0. The van der Waals surface area contributed by atoms with Crippen LogP contribution in [0.5, 0.6) is 0 Å². The Kier molecular flexibility index (Phi) is 13.3. The van der Waals surface area contributed by atoms with Crippen molar-refractivity contribution in [2.24, 2.45) is 5.92 Å². The zero-order valence-corrected chi connectivity index (χ0v) is 22.4. The Morgan fingerprint density at radius 3 is 2.47 bits per heavy atom. The van der Waals surface area contributed by atoms with Crippen LogP contribution in [-0.4, -0.2) is 81.0 Å². The lowest BCUT2D eigenvalue weighted by Crippen LogP contribution is -2.57. The quantitative estimate of drug-likeness (QED) is 0.220. The number of alkyl halides is 2. The third kappa shape index (κ3) is 9.10. The molecule has 5 unspecified atom stereocenters. The fourth-order valence-electron chi connectivity index (χ4n) is 4.07. The monoisotopic (exact) mass is 546 g/mol. The second kappa shape index (κ2) is 15.9. The first-order chi connectivity index (χ1) is 17.3. The maximum Gasteiger partial charge on any atom is 0.508 e. The maximum atomic E-state index is 13.4. The molecule has 0 bridgehead atoms. The van der Waals surface area contributed by atoms with Crippen LogP contribution in [0.3, 0.4) is 0 Å². The van der Waals surface area contributed by atoms with E-state index in [-0.39, 0.29) is 19.4 Å². The summed E-state index contributed by atoms with van der Waals surface area (Å²) in [5.41, 5.74) is 0.841. The van der Waals surface area contributed by atoms with Crippen LogP contribution in [0.25, 0.3) is 0 Å². The normalized spacial score (nSPS) is 24.4. The smallest absolute Gasteiger partial charge is 0.467 e. The summed E-state index contributed by atoms with van der Waals surface area (Å²) >= 11 is 13.3. The number of nitrogens with one attached hydrogen (secondary N) is 2. The number of benzene rings is 1. The highest BCUT2D eigenvalue weighted by Gasteiger charge is 2.49. The summed E-state index contributed by atoms with van der Waals surface area (Å²) in [7, 11) is 3.13. The summed E-state index contributed by atoms with van der Waals surface area (Å²) in [5, 5.41) is 4.28. The van der Waals surface area contributed by atoms with E-state index < -0.39 is 53.0 Å². The molecule has 1 aliphatic carbocycles. The predicted molar refractivity (Wildman–Crippen MR) is 136 cm³/mol. The lowest BCUT2D eigenvalue weighted by atomic mass is 9.82. The number of methoxy groups -OCH3 is 1. The van der Waals surface area contributed by atoms with Crippen molar-refractivity contribution in [3.63, 3.8) is 0 Å². The standard InChI is InChI=1S/C25H36Cl2N2O7/c1-4-34-25(32)36-21-17(15-18(26)22(20(21)27)35-13-9-8-12-28-2)23(30)29-19(24(31)33-3)14-16-10-6-5-7-11-16/h5-7,10-11,17-22,28H,4,8-9,12-15H2,1-3H3,(H,29,30)/t17?,18?,19-,20?,21?,22?/m0/s1. The van der Waals surface area contributed by atoms with E-state index in [2.05, 4.69) is 10.6 Å². The van der Waals surface area contributed by atoms with Gasteiger partial charge in [0.2, 0.25) is 5.91 Å². The van der Waals surface area contributed by atoms with Crippen LogP contribution in [0.15, 0.2) is 30.3 Å². The predicted octanol–water partition coefficient (Wildman–Crippen LogP) is 3.05. The molecular weight excluding hydrogens is 511 g/mol. The molecule has 1 aliphatic rings. The minimum Gasteiger partial charge on any atom is -0.467 e. The Morgan fingerprint density at radius 1 is 1.11 bits per heavy atom. The van der Waals surface area contributed by atoms with Crippen LogP contribution in [0.4, 0.5) is 4.79 Å². The zero-order valence-electron chi connectivity index (χ0n) is 20.9. The Hall–Kier alpha value is -2.07. The van der Waals surface area contributed by atoms with Gasteiger partial charge in [-0.05, 0) is 45.3 Å². The van der Waals surface area contributed by atoms with Gasteiger partial charge in [0.05, 0.1) is 36.5 Å². The van der Waals surface area contributed by atoms with Crippen LogP contribution >= 0.6 is 23.2 Å². The first-order valence-corrected chi connectivity index (χ1v) is 13.0. The van der Waals surface area contributed by atoms with Crippen molar-refractivity contribution in [3.8, 4) is 0 Å². The molecule has 2 rings (SSSR count). The molecule has 202 valence electrons. The fourth-order valence-corrected chi connectivity index (χ4v) is 5.04. The van der Waals surface area contributed by atoms with Gasteiger partial charge in [0, 0.05) is 13.0 Å². The Morgan fingerprint density at radius 2 is 1.83 bits per heavy atom. The number of halogens is 2. The SMILES string of the molecule is CCOC(=O)OC1C(C(=O)N[C@@H](Cc2ccccc2)C(=O)OC)CC(Cl)C(OCCCCNC)C1Cl. The highest BCUT2D eigenvalue weighted by molar-refractivity contribution is 6.25. The van der Waals surface area contributed by atoms with E-state index in [9.17, 15) is 14.4 Å². The Balaban J connectivity index is 2.17. The summed E-state index contributed by atoms with van der Waals surface area (Å²) in [6, 6.07) is 8.27. The van der Waals surface area contributed by atoms with Crippen molar-refractivity contribution in [1.82, 2.24) is 10.6 Å². The van der Waals surface area contributed by atoms with Crippen LogP contribution < -0.4 is 10.6 Å². The number of amides is 1. The summed E-state index contributed by atoms with van der Waals surface area (Å²) in [6.45, 7) is 3.01. The molecule has 1 fully saturated rings. The van der Waals surface area contributed by atoms with Crippen molar-refractivity contribution in [2.45, 2.75) is 61.6 Å². The van der Waals surface area contributed by atoms with Gasteiger partial charge in [0.25, 0.3) is 0 Å². The van der Waals surface area contributed by atoms with Gasteiger partial charge in [-0.25, -0.2) is 9.59 Å². The third-order valence-electron chi connectivity index (χ3n) is 5.91. The Bertz CT molecular complexity index is 830. The van der Waals surface area contributed by atoms with Gasteiger partial charge in [0.15, 0.2) is 0 Å². The van der Waals surface area contributed by atoms with E-state index in [0.29, 0.717) is 6.61 Å². The average Bonchev–Trinajstić information content (AvgIpc) is 2.87. The molecule has 11 heteroatoms. The Labute approximate surface area is 222 Å². The van der Waals surface area contributed by atoms with Gasteiger partial charge in [-0.2, -0.15) is 0 Å². The molecule has 2 N–H and O–H groups in total. The lowest BCUT2D eigenvalue weighted by molar-refractivity contribution is -0.147. The largest absolute Gasteiger partial charge is 0.508 e. The molecule has 1 amide bonds. The second-order valence-corrected chi connectivity index (χ2v) is 9.55. The summed E-state index contributed by atoms with van der Waals surface area (Å²) < 4.78 is 21.2. The molecule has 6 atom stereocenters. The van der Waals surface area contributed by atoms with Crippen molar-refractivity contribution >= 4 is 41.2 Å². The van der Waals surface area contributed by atoms with E-state index in [4.69, 9.17) is 42.1 Å². The lowest BCUT2D eigenvalue weighted by Gasteiger charge is -2.41. The molecule has 0 saturated heterocycles. The molecule has 1 aromatic carbocycles. The zero-order chi connectivity index (χ0) is 26.5. The first-order valence-electron chi connectivity index (χ1n) is 12.1. The fraction of sp³-hybridized carbons (Fsp3) is 0.640. The van der Waals surface area contributed by atoms with Gasteiger partial charge in [-0.3, -0.25) is 4.79 Å². The van der Waals surface area contributed by atoms with Crippen LogP contribution in [0, 0.1) is 5.92 Å². The highest BCUT2D eigenvalue weighted by atomic mass is 35.5. The molecule has 0 radical (unpaired) electrons. The minimum absolute atomic E-state index is 0.0976. The molecule has 0 heterocycles. The second-order valence-electron chi connectivity index (χ2n) is 8.49. The third-order valence-corrected chi connectivity index (χ3v) is 6.83. The number of carbonyl (C=O) groups is 3. The number of rotatable bonds is 13.